The van der Waals surface area contributed by atoms with Crippen molar-refractivity contribution in [3.05, 3.63) is 38.9 Å². The number of benzene rings is 1. The fourth-order valence-electron chi connectivity index (χ4n) is 2.36. The molecule has 108 valence electrons. The van der Waals surface area contributed by atoms with Crippen LogP contribution >= 0.6 is 11.6 Å². The maximum Gasteiger partial charge on any atom is 0.270 e. The Balaban J connectivity index is 2.22. The van der Waals surface area contributed by atoms with Crippen LogP contribution in [-0.2, 0) is 4.74 Å². The van der Waals surface area contributed by atoms with E-state index in [0.29, 0.717) is 6.61 Å². The van der Waals surface area contributed by atoms with Crippen LogP contribution in [0.3, 0.4) is 0 Å². The second-order valence-electron chi connectivity index (χ2n) is 4.77. The first-order chi connectivity index (χ1) is 9.41. The predicted molar refractivity (Wildman–Crippen MR) is 74.0 cm³/mol. The number of nitro groups is 1. The van der Waals surface area contributed by atoms with E-state index < -0.39 is 4.92 Å². The summed E-state index contributed by atoms with van der Waals surface area (Å²) < 4.78 is 5.44. The maximum absolute atomic E-state index is 12.4. The smallest absolute Gasteiger partial charge is 0.270 e. The van der Waals surface area contributed by atoms with E-state index in [1.165, 1.54) is 18.2 Å². The Morgan fingerprint density at radius 3 is 2.75 bits per heavy atom. The Bertz CT molecular complexity index is 549. The highest BCUT2D eigenvalue weighted by molar-refractivity contribution is 6.34. The van der Waals surface area contributed by atoms with Gasteiger partial charge in [-0.05, 0) is 19.4 Å². The minimum absolute atomic E-state index is 0.00578. The van der Waals surface area contributed by atoms with Crippen molar-refractivity contribution >= 4 is 23.2 Å². The molecule has 0 N–H and O–H groups in total. The van der Waals surface area contributed by atoms with Crippen LogP contribution < -0.4 is 0 Å². The Morgan fingerprint density at radius 1 is 1.55 bits per heavy atom. The van der Waals surface area contributed by atoms with Gasteiger partial charge in [-0.25, -0.2) is 0 Å². The highest BCUT2D eigenvalue weighted by atomic mass is 35.5. The summed E-state index contributed by atoms with van der Waals surface area (Å²) >= 11 is 5.97. The van der Waals surface area contributed by atoms with E-state index in [1.54, 1.807) is 11.9 Å². The van der Waals surface area contributed by atoms with Crippen LogP contribution in [0.4, 0.5) is 5.69 Å². The number of hydrogen-bond acceptors (Lipinski definition) is 4. The van der Waals surface area contributed by atoms with Crippen LogP contribution in [0.15, 0.2) is 18.2 Å². The summed E-state index contributed by atoms with van der Waals surface area (Å²) in [5, 5.41) is 10.7. The van der Waals surface area contributed by atoms with E-state index in [0.717, 1.165) is 6.42 Å². The summed E-state index contributed by atoms with van der Waals surface area (Å²) in [7, 11) is 1.69. The number of carbonyl (C=O) groups excluding carboxylic acids is 1. The number of ether oxygens (including phenoxy) is 1. The van der Waals surface area contributed by atoms with E-state index >= 15 is 0 Å². The summed E-state index contributed by atoms with van der Waals surface area (Å²) in [6.45, 7) is 2.54. The largest absolute Gasteiger partial charge is 0.376 e. The SMILES string of the molecule is CC1OCCC1N(C)C(=O)c1ccc([N+](=O)[O-])cc1Cl. The van der Waals surface area contributed by atoms with Crippen LogP contribution in [0.1, 0.15) is 23.7 Å². The van der Waals surface area contributed by atoms with E-state index in [4.69, 9.17) is 16.3 Å². The van der Waals surface area contributed by atoms with Crippen molar-refractivity contribution in [1.29, 1.82) is 0 Å². The Hall–Kier alpha value is -1.66. The first kappa shape index (κ1) is 14.7. The molecule has 1 aliphatic rings. The van der Waals surface area contributed by atoms with Crippen molar-refractivity contribution in [2.75, 3.05) is 13.7 Å². The van der Waals surface area contributed by atoms with Crippen molar-refractivity contribution in [2.24, 2.45) is 0 Å². The van der Waals surface area contributed by atoms with E-state index in [2.05, 4.69) is 0 Å². The molecule has 0 aliphatic carbocycles. The molecule has 1 heterocycles. The molecule has 2 rings (SSSR count). The number of nitro benzene ring substituents is 1. The molecule has 1 aromatic carbocycles. The summed E-state index contributed by atoms with van der Waals surface area (Å²) in [6.07, 6.45) is 0.745. The monoisotopic (exact) mass is 298 g/mol. The molecule has 7 heteroatoms. The number of likely N-dealkylation sites (N-methyl/N-ethyl adjacent to an activating group) is 1. The molecule has 1 saturated heterocycles. The second kappa shape index (κ2) is 5.76. The molecule has 1 fully saturated rings. The zero-order chi connectivity index (χ0) is 14.9. The molecule has 2 unspecified atom stereocenters. The quantitative estimate of drug-likeness (QED) is 0.635. The fraction of sp³-hybridized carbons (Fsp3) is 0.462. The van der Waals surface area contributed by atoms with Gasteiger partial charge in [-0.3, -0.25) is 14.9 Å². The number of halogens is 1. The third kappa shape index (κ3) is 2.76. The molecular weight excluding hydrogens is 284 g/mol. The van der Waals surface area contributed by atoms with Gasteiger partial charge in [-0.1, -0.05) is 11.6 Å². The molecule has 0 bridgehead atoms. The Morgan fingerprint density at radius 2 is 2.25 bits per heavy atom. The first-order valence-corrected chi connectivity index (χ1v) is 6.62. The normalized spacial score (nSPS) is 21.8. The molecular formula is C13H15ClN2O4. The average molecular weight is 299 g/mol. The minimum atomic E-state index is -0.545. The van der Waals surface area contributed by atoms with Crippen molar-refractivity contribution in [2.45, 2.75) is 25.5 Å². The van der Waals surface area contributed by atoms with Gasteiger partial charge in [0.2, 0.25) is 0 Å². The number of hydrogen-bond donors (Lipinski definition) is 0. The lowest BCUT2D eigenvalue weighted by molar-refractivity contribution is -0.384. The lowest BCUT2D eigenvalue weighted by atomic mass is 10.1. The van der Waals surface area contributed by atoms with Gasteiger partial charge in [0.1, 0.15) is 0 Å². The minimum Gasteiger partial charge on any atom is -0.376 e. The molecule has 0 aromatic heterocycles. The van der Waals surface area contributed by atoms with Gasteiger partial charge in [0.05, 0.1) is 27.7 Å². The van der Waals surface area contributed by atoms with Crippen LogP contribution in [0.25, 0.3) is 0 Å². The predicted octanol–water partition coefficient (Wildman–Crippen LogP) is 2.50. The lowest BCUT2D eigenvalue weighted by Gasteiger charge is -2.27. The number of nitrogens with zero attached hydrogens (tertiary/aromatic N) is 2. The van der Waals surface area contributed by atoms with Crippen LogP contribution in [0.2, 0.25) is 5.02 Å². The molecule has 1 amide bonds. The van der Waals surface area contributed by atoms with Crippen molar-refractivity contribution in [3.63, 3.8) is 0 Å². The fourth-order valence-corrected chi connectivity index (χ4v) is 2.62. The molecule has 1 aliphatic heterocycles. The molecule has 0 radical (unpaired) electrons. The summed E-state index contributed by atoms with van der Waals surface area (Å²) in [6, 6.07) is 3.85. The van der Waals surface area contributed by atoms with Crippen molar-refractivity contribution in [1.82, 2.24) is 4.90 Å². The molecule has 2 atom stereocenters. The molecule has 0 spiro atoms. The molecule has 6 nitrogen and oxygen atoms in total. The van der Waals surface area contributed by atoms with E-state index in [1.807, 2.05) is 6.92 Å². The topological polar surface area (TPSA) is 72.7 Å². The van der Waals surface area contributed by atoms with Crippen LogP contribution in [0.5, 0.6) is 0 Å². The molecule has 0 saturated carbocycles. The summed E-state index contributed by atoms with van der Waals surface area (Å²) in [5.41, 5.74) is 0.130. The highest BCUT2D eigenvalue weighted by Crippen LogP contribution is 2.26. The Kier molecular flexibility index (Phi) is 4.25. The second-order valence-corrected chi connectivity index (χ2v) is 5.18. The van der Waals surface area contributed by atoms with Crippen LogP contribution in [0, 0.1) is 10.1 Å². The zero-order valence-corrected chi connectivity index (χ0v) is 12.0. The van der Waals surface area contributed by atoms with Gasteiger partial charge < -0.3 is 9.64 Å². The third-order valence-electron chi connectivity index (χ3n) is 3.55. The van der Waals surface area contributed by atoms with Gasteiger partial charge in [-0.15, -0.1) is 0 Å². The number of carbonyl (C=O) groups is 1. The molecule has 20 heavy (non-hydrogen) atoms. The lowest BCUT2D eigenvalue weighted by Crippen LogP contribution is -2.41. The third-order valence-corrected chi connectivity index (χ3v) is 3.86. The summed E-state index contributed by atoms with van der Waals surface area (Å²) in [5.74, 6) is -0.257. The standard InChI is InChI=1S/C13H15ClN2O4/c1-8-12(5-6-20-8)15(2)13(17)10-4-3-9(16(18)19)7-11(10)14/h3-4,7-8,12H,5-6H2,1-2H3. The Labute approximate surface area is 121 Å². The average Bonchev–Trinajstić information content (AvgIpc) is 2.83. The van der Waals surface area contributed by atoms with Gasteiger partial charge in [0.15, 0.2) is 0 Å². The van der Waals surface area contributed by atoms with Gasteiger partial charge >= 0.3 is 0 Å². The highest BCUT2D eigenvalue weighted by Gasteiger charge is 2.31. The van der Waals surface area contributed by atoms with Crippen LogP contribution in [-0.4, -0.2) is 41.5 Å². The maximum atomic E-state index is 12.4. The van der Waals surface area contributed by atoms with Gasteiger partial charge in [0.25, 0.3) is 11.6 Å². The number of amides is 1. The van der Waals surface area contributed by atoms with Gasteiger partial charge in [-0.2, -0.15) is 0 Å². The van der Waals surface area contributed by atoms with Crippen molar-refractivity contribution in [3.8, 4) is 0 Å². The van der Waals surface area contributed by atoms with E-state index in [9.17, 15) is 14.9 Å². The summed E-state index contributed by atoms with van der Waals surface area (Å²) in [4.78, 5) is 24.1. The number of non-ortho nitro benzene ring substituents is 1. The number of rotatable bonds is 3. The van der Waals surface area contributed by atoms with Gasteiger partial charge in [0, 0.05) is 25.8 Å². The first-order valence-electron chi connectivity index (χ1n) is 6.24. The van der Waals surface area contributed by atoms with E-state index in [-0.39, 0.29) is 34.3 Å². The molecule has 1 aromatic rings. The zero-order valence-electron chi connectivity index (χ0n) is 11.2. The van der Waals surface area contributed by atoms with Crippen molar-refractivity contribution < 1.29 is 14.5 Å².